The van der Waals surface area contributed by atoms with Crippen molar-refractivity contribution in [3.8, 4) is 10.6 Å². The zero-order valence-corrected chi connectivity index (χ0v) is 16.2. The molecule has 1 aromatic carbocycles. The Morgan fingerprint density at radius 2 is 2.15 bits per heavy atom. The lowest BCUT2D eigenvalue weighted by Crippen LogP contribution is -2.37. The minimum atomic E-state index is -3.02. The van der Waals surface area contributed by atoms with Crippen LogP contribution < -0.4 is 5.32 Å². The molecule has 0 aliphatic carbocycles. The van der Waals surface area contributed by atoms with E-state index in [9.17, 15) is 13.2 Å². The minimum Gasteiger partial charge on any atom is -0.351 e. The lowest BCUT2D eigenvalue weighted by Gasteiger charge is -2.14. The number of hydrogen-bond acceptors (Lipinski definition) is 4. The van der Waals surface area contributed by atoms with Crippen LogP contribution >= 0.6 is 22.9 Å². The zero-order chi connectivity index (χ0) is 18.3. The van der Waals surface area contributed by atoms with Crippen LogP contribution in [0.1, 0.15) is 6.42 Å². The van der Waals surface area contributed by atoms with Crippen molar-refractivity contribution < 1.29 is 13.2 Å². The van der Waals surface area contributed by atoms with Crippen molar-refractivity contribution in [3.63, 3.8) is 0 Å². The lowest BCUT2D eigenvalue weighted by atomic mass is 10.2. The number of carbonyl (C=O) groups excluding carboxylic acids is 1. The molecule has 26 heavy (non-hydrogen) atoms. The predicted octanol–water partition coefficient (Wildman–Crippen LogP) is 3.33. The number of carbonyl (C=O) groups is 1. The summed E-state index contributed by atoms with van der Waals surface area (Å²) in [4.78, 5) is 13.6. The second-order valence-electron chi connectivity index (χ2n) is 6.46. The molecule has 3 heterocycles. The third-order valence-corrected chi connectivity index (χ3v) is 7.43. The molecule has 4 rings (SSSR count). The van der Waals surface area contributed by atoms with Crippen molar-refractivity contribution in [2.45, 2.75) is 19.0 Å². The molecule has 5 nitrogen and oxygen atoms in total. The third kappa shape index (κ3) is 3.51. The lowest BCUT2D eigenvalue weighted by molar-refractivity contribution is -0.122. The van der Waals surface area contributed by atoms with Gasteiger partial charge in [-0.2, -0.15) is 0 Å². The number of thiophene rings is 1. The zero-order valence-electron chi connectivity index (χ0n) is 13.8. The van der Waals surface area contributed by atoms with Crippen molar-refractivity contribution in [1.82, 2.24) is 9.88 Å². The van der Waals surface area contributed by atoms with Crippen LogP contribution in [0, 0.1) is 0 Å². The van der Waals surface area contributed by atoms with Gasteiger partial charge in [0.1, 0.15) is 6.54 Å². The fourth-order valence-corrected chi connectivity index (χ4v) is 5.97. The van der Waals surface area contributed by atoms with Crippen molar-refractivity contribution in [2.24, 2.45) is 0 Å². The third-order valence-electron chi connectivity index (χ3n) is 4.54. The van der Waals surface area contributed by atoms with Gasteiger partial charge in [-0.1, -0.05) is 17.7 Å². The highest BCUT2D eigenvalue weighted by Gasteiger charge is 2.29. The molecule has 1 N–H and O–H groups in total. The molecular formula is C18H17ClN2O3S2. The Morgan fingerprint density at radius 1 is 1.31 bits per heavy atom. The molecule has 1 aliphatic heterocycles. The van der Waals surface area contributed by atoms with Crippen molar-refractivity contribution in [3.05, 3.63) is 46.8 Å². The van der Waals surface area contributed by atoms with E-state index in [0.29, 0.717) is 11.4 Å². The molecule has 136 valence electrons. The monoisotopic (exact) mass is 408 g/mol. The molecule has 1 saturated heterocycles. The Labute approximate surface area is 160 Å². The second kappa shape index (κ2) is 6.72. The fourth-order valence-electron chi connectivity index (χ4n) is 3.37. The number of aromatic nitrogens is 1. The molecule has 3 aromatic rings. The molecule has 0 bridgehead atoms. The molecule has 1 fully saturated rings. The Kier molecular flexibility index (Phi) is 4.54. The smallest absolute Gasteiger partial charge is 0.240 e. The number of halogens is 1. The number of benzene rings is 1. The summed E-state index contributed by atoms with van der Waals surface area (Å²) in [5.41, 5.74) is 1.87. The van der Waals surface area contributed by atoms with E-state index in [0.717, 1.165) is 21.5 Å². The van der Waals surface area contributed by atoms with Gasteiger partial charge in [-0.25, -0.2) is 8.42 Å². The van der Waals surface area contributed by atoms with Crippen LogP contribution in [0.15, 0.2) is 41.8 Å². The van der Waals surface area contributed by atoms with Gasteiger partial charge in [-0.3, -0.25) is 4.79 Å². The standard InChI is InChI=1S/C18H17ClN2O3S2/c19-13-3-4-15-12(8-13)9-16(17-2-1-6-25-17)21(15)10-18(22)20-14-5-7-26(23,24)11-14/h1-4,6,8-9,14H,5,7,10-11H2,(H,20,22). The summed E-state index contributed by atoms with van der Waals surface area (Å²) in [7, 11) is -3.02. The Balaban J connectivity index is 1.64. The van der Waals surface area contributed by atoms with Crippen molar-refractivity contribution in [1.29, 1.82) is 0 Å². The number of amides is 1. The number of nitrogens with zero attached hydrogens (tertiary/aromatic N) is 1. The molecular weight excluding hydrogens is 392 g/mol. The Bertz CT molecular complexity index is 1070. The summed E-state index contributed by atoms with van der Waals surface area (Å²) in [5, 5.41) is 6.47. The first-order valence-corrected chi connectivity index (χ1v) is 11.3. The van der Waals surface area contributed by atoms with Crippen LogP contribution in [0.4, 0.5) is 0 Å². The molecule has 8 heteroatoms. The van der Waals surface area contributed by atoms with Crippen molar-refractivity contribution >= 4 is 49.6 Å². The molecule has 0 saturated carbocycles. The van der Waals surface area contributed by atoms with Gasteiger partial charge in [0.2, 0.25) is 5.91 Å². The normalized spacial score (nSPS) is 19.0. The molecule has 1 unspecified atom stereocenters. The minimum absolute atomic E-state index is 0.0263. The summed E-state index contributed by atoms with van der Waals surface area (Å²) in [5.74, 6) is -0.0145. The number of hydrogen-bond donors (Lipinski definition) is 1. The molecule has 1 amide bonds. The van der Waals surface area contributed by atoms with Gasteiger partial charge in [0, 0.05) is 22.0 Å². The van der Waals surface area contributed by atoms with E-state index >= 15 is 0 Å². The van der Waals surface area contributed by atoms with E-state index in [1.165, 1.54) is 0 Å². The first-order valence-electron chi connectivity index (χ1n) is 8.24. The van der Waals surface area contributed by atoms with Crippen LogP contribution in [0.25, 0.3) is 21.5 Å². The van der Waals surface area contributed by atoms with E-state index in [-0.39, 0.29) is 30.0 Å². The van der Waals surface area contributed by atoms with E-state index < -0.39 is 9.84 Å². The molecule has 1 aliphatic rings. The molecule has 0 spiro atoms. The first-order chi connectivity index (χ1) is 12.4. The summed E-state index contributed by atoms with van der Waals surface area (Å²) in [6.07, 6.45) is 0.480. The number of sulfone groups is 1. The summed E-state index contributed by atoms with van der Waals surface area (Å²) < 4.78 is 25.1. The number of nitrogens with one attached hydrogen (secondary N) is 1. The molecule has 1 atom stereocenters. The predicted molar refractivity (Wildman–Crippen MR) is 105 cm³/mol. The topological polar surface area (TPSA) is 68.2 Å². The van der Waals surface area contributed by atoms with E-state index in [1.54, 1.807) is 17.4 Å². The average molecular weight is 409 g/mol. The van der Waals surface area contributed by atoms with Crippen LogP contribution in [-0.2, 0) is 21.2 Å². The quantitative estimate of drug-likeness (QED) is 0.720. The van der Waals surface area contributed by atoms with Gasteiger partial charge < -0.3 is 9.88 Å². The SMILES string of the molecule is O=C(Cn1c(-c2cccs2)cc2cc(Cl)ccc21)NC1CCS(=O)(=O)C1. The summed E-state index contributed by atoms with van der Waals surface area (Å²) >= 11 is 7.71. The highest BCUT2D eigenvalue weighted by Crippen LogP contribution is 2.32. The van der Waals surface area contributed by atoms with Gasteiger partial charge >= 0.3 is 0 Å². The number of rotatable bonds is 4. The van der Waals surface area contributed by atoms with Crippen LogP contribution in [0.2, 0.25) is 5.02 Å². The maximum Gasteiger partial charge on any atom is 0.240 e. The largest absolute Gasteiger partial charge is 0.351 e. The summed E-state index contributed by atoms with van der Waals surface area (Å²) in [6, 6.07) is 11.3. The average Bonchev–Trinajstić information content (AvgIpc) is 3.27. The van der Waals surface area contributed by atoms with Gasteiger partial charge in [-0.05, 0) is 42.1 Å². The molecule has 0 radical (unpaired) electrons. The number of fused-ring (bicyclic) bond motifs is 1. The van der Waals surface area contributed by atoms with E-state index in [1.807, 2.05) is 40.3 Å². The van der Waals surface area contributed by atoms with Crippen LogP contribution in [0.3, 0.4) is 0 Å². The van der Waals surface area contributed by atoms with Crippen molar-refractivity contribution in [2.75, 3.05) is 11.5 Å². The van der Waals surface area contributed by atoms with E-state index in [4.69, 9.17) is 11.6 Å². The maximum atomic E-state index is 12.6. The highest BCUT2D eigenvalue weighted by atomic mass is 35.5. The van der Waals surface area contributed by atoms with Gasteiger partial charge in [0.05, 0.1) is 22.1 Å². The van der Waals surface area contributed by atoms with Gasteiger partial charge in [-0.15, -0.1) is 11.3 Å². The maximum absolute atomic E-state index is 12.6. The molecule has 2 aromatic heterocycles. The van der Waals surface area contributed by atoms with E-state index in [2.05, 4.69) is 5.32 Å². The Hall–Kier alpha value is -1.83. The summed E-state index contributed by atoms with van der Waals surface area (Å²) in [6.45, 7) is 0.134. The van der Waals surface area contributed by atoms with Gasteiger partial charge in [0.15, 0.2) is 9.84 Å². The van der Waals surface area contributed by atoms with Gasteiger partial charge in [0.25, 0.3) is 0 Å². The highest BCUT2D eigenvalue weighted by molar-refractivity contribution is 7.91. The first kappa shape index (κ1) is 17.6. The van der Waals surface area contributed by atoms with Crippen LogP contribution in [-0.4, -0.2) is 36.4 Å². The second-order valence-corrected chi connectivity index (χ2v) is 10.1. The van der Waals surface area contributed by atoms with Crippen LogP contribution in [0.5, 0.6) is 0 Å². The fraction of sp³-hybridized carbons (Fsp3) is 0.278. The Morgan fingerprint density at radius 3 is 2.85 bits per heavy atom.